The molecule has 16 heteroatoms. The highest BCUT2D eigenvalue weighted by molar-refractivity contribution is 7.82. The Bertz CT molecular complexity index is 1880. The number of halogens is 2. The van der Waals surface area contributed by atoms with Gasteiger partial charge in [-0.1, -0.05) is 31.5 Å². The number of fused-ring (bicyclic) bond motifs is 1. The van der Waals surface area contributed by atoms with Crippen LogP contribution in [0.5, 0.6) is 5.75 Å². The van der Waals surface area contributed by atoms with Gasteiger partial charge in [-0.3, -0.25) is 14.3 Å². The third kappa shape index (κ3) is 10.4. The van der Waals surface area contributed by atoms with E-state index in [1.54, 1.807) is 0 Å². The molecule has 2 atom stereocenters. The van der Waals surface area contributed by atoms with E-state index in [2.05, 4.69) is 71.8 Å². The quantitative estimate of drug-likeness (QED) is 0.0989. The Morgan fingerprint density at radius 2 is 1.81 bits per heavy atom. The van der Waals surface area contributed by atoms with Crippen LogP contribution in [0, 0.1) is 5.92 Å². The van der Waals surface area contributed by atoms with Gasteiger partial charge in [0.1, 0.15) is 11.0 Å². The Morgan fingerprint density at radius 1 is 1.06 bits per heavy atom. The zero-order chi connectivity index (χ0) is 38.0. The van der Waals surface area contributed by atoms with E-state index in [1.807, 2.05) is 34.2 Å². The Hall–Kier alpha value is -4.54. The molecule has 4 aromatic rings. The van der Waals surface area contributed by atoms with Crippen molar-refractivity contribution in [1.29, 1.82) is 0 Å². The van der Waals surface area contributed by atoms with E-state index in [1.165, 1.54) is 23.5 Å². The average Bonchev–Trinajstić information content (AvgIpc) is 3.49. The third-order valence-electron chi connectivity index (χ3n) is 10.4. The van der Waals surface area contributed by atoms with Gasteiger partial charge in [0.2, 0.25) is 18.3 Å². The summed E-state index contributed by atoms with van der Waals surface area (Å²) in [6, 6.07) is 14.7. The number of hydrogen-bond donors (Lipinski definition) is 3. The first-order chi connectivity index (χ1) is 26.2. The van der Waals surface area contributed by atoms with Gasteiger partial charge < -0.3 is 25.6 Å². The summed E-state index contributed by atoms with van der Waals surface area (Å²) in [5, 5.41) is 14.1. The van der Waals surface area contributed by atoms with Crippen LogP contribution < -0.4 is 20.7 Å². The second-order valence-electron chi connectivity index (χ2n) is 14.0. The molecule has 0 saturated carbocycles. The molecule has 2 aromatic heterocycles. The number of nitrogens with one attached hydrogen (secondary N) is 3. The van der Waals surface area contributed by atoms with E-state index in [0.717, 1.165) is 74.0 Å². The minimum Gasteiger partial charge on any atom is -0.432 e. The number of rotatable bonds is 17. The lowest BCUT2D eigenvalue weighted by Gasteiger charge is -2.34. The zero-order valence-electron chi connectivity index (χ0n) is 30.8. The van der Waals surface area contributed by atoms with Crippen LogP contribution in [0.25, 0.3) is 10.9 Å². The van der Waals surface area contributed by atoms with Gasteiger partial charge in [-0.25, -0.2) is 18.5 Å². The number of carbonyl (C=O) groups is 2. The maximum absolute atomic E-state index is 13.6. The number of nitrogens with zero attached hydrogens (tertiary/aromatic N) is 6. The van der Waals surface area contributed by atoms with E-state index in [0.29, 0.717) is 43.1 Å². The molecule has 2 aromatic carbocycles. The van der Waals surface area contributed by atoms with E-state index < -0.39 is 17.6 Å². The molecule has 54 heavy (non-hydrogen) atoms. The normalized spacial score (nSPS) is 17.4. The number of likely N-dealkylation sites (tertiary alicyclic amines) is 1. The fourth-order valence-electron chi connectivity index (χ4n) is 7.38. The molecule has 2 fully saturated rings. The predicted octanol–water partition coefficient (Wildman–Crippen LogP) is 5.09. The number of benzene rings is 2. The molecule has 0 spiro atoms. The summed E-state index contributed by atoms with van der Waals surface area (Å²) < 4.78 is 46.5. The first kappa shape index (κ1) is 39.2. The van der Waals surface area contributed by atoms with Crippen LogP contribution in [-0.2, 0) is 34.0 Å². The molecule has 0 radical (unpaired) electrons. The lowest BCUT2D eigenvalue weighted by Crippen LogP contribution is -2.40. The Balaban J connectivity index is 0.963. The number of aryl methyl sites for hydroxylation is 1. The Labute approximate surface area is 316 Å². The highest BCUT2D eigenvalue weighted by atomic mass is 32.2. The summed E-state index contributed by atoms with van der Waals surface area (Å²) in [4.78, 5) is 34.3. The number of piperidine rings is 2. The SMILES string of the molecule is CCC(Cc1cccc(S(=O)N2CCC(Nc3ncc(OC(F)F)cn3)CC2)c1)CN1CCC(c2ccc3c(NC(=O)CCNC=O)nn(C)c3c2)CC1. The van der Waals surface area contributed by atoms with Gasteiger partial charge in [-0.15, -0.1) is 0 Å². The van der Waals surface area contributed by atoms with Gasteiger partial charge in [0.05, 0.1) is 22.8 Å². The maximum atomic E-state index is 13.6. The number of hydrogen-bond acceptors (Lipinski definition) is 9. The predicted molar refractivity (Wildman–Crippen MR) is 204 cm³/mol. The van der Waals surface area contributed by atoms with Crippen molar-refractivity contribution in [1.82, 2.24) is 34.3 Å². The molecule has 4 heterocycles. The van der Waals surface area contributed by atoms with Crippen molar-refractivity contribution >= 4 is 46.0 Å². The van der Waals surface area contributed by atoms with Gasteiger partial charge in [-0.2, -0.15) is 13.9 Å². The largest absolute Gasteiger partial charge is 0.432 e. The van der Waals surface area contributed by atoms with Gasteiger partial charge in [0.25, 0.3) is 0 Å². The second-order valence-corrected chi connectivity index (χ2v) is 15.5. The number of amides is 2. The molecule has 0 aliphatic carbocycles. The van der Waals surface area contributed by atoms with Crippen molar-refractivity contribution in [3.8, 4) is 5.75 Å². The fourth-order valence-corrected chi connectivity index (χ4v) is 8.67. The molecule has 6 rings (SSSR count). The standard InChI is InChI=1S/C38H49F2N9O4S/c1-3-26(24-48-15-10-28(11-16-48)29-7-8-33-34(21-29)47(2)46-36(33)45-35(51)9-14-41-25-50)19-27-5-4-6-32(20-27)54(52)49-17-12-30(13-18-49)44-38-42-22-31(23-43-38)53-37(39)40/h4-8,20-23,25-26,28,30,37H,3,9-19,24H2,1-2H3,(H,41,50)(H,42,43,44)(H,45,46,51). The molecule has 2 unspecified atom stereocenters. The minimum atomic E-state index is -2.92. The lowest BCUT2D eigenvalue weighted by atomic mass is 9.88. The summed E-state index contributed by atoms with van der Waals surface area (Å²) in [5.41, 5.74) is 3.47. The highest BCUT2D eigenvalue weighted by Crippen LogP contribution is 2.33. The van der Waals surface area contributed by atoms with Crippen LogP contribution >= 0.6 is 0 Å². The first-order valence-electron chi connectivity index (χ1n) is 18.6. The van der Waals surface area contributed by atoms with E-state index >= 15 is 0 Å². The van der Waals surface area contributed by atoms with Crippen LogP contribution in [-0.4, -0.2) is 97.4 Å². The number of aromatic nitrogens is 4. The molecule has 2 amide bonds. The molecule has 0 bridgehead atoms. The third-order valence-corrected chi connectivity index (χ3v) is 11.9. The molecule has 2 saturated heterocycles. The van der Waals surface area contributed by atoms with Crippen molar-refractivity contribution in [2.45, 2.75) is 75.3 Å². The summed E-state index contributed by atoms with van der Waals surface area (Å²) in [7, 11) is 0.617. The summed E-state index contributed by atoms with van der Waals surface area (Å²) in [6.45, 7) is 3.97. The number of ether oxygens (including phenoxy) is 1. The van der Waals surface area contributed by atoms with E-state index in [4.69, 9.17) is 0 Å². The minimum absolute atomic E-state index is 0.0881. The molecular weight excluding hydrogens is 717 g/mol. The van der Waals surface area contributed by atoms with Gasteiger partial charge in [-0.05, 0) is 92.4 Å². The average molecular weight is 766 g/mol. The van der Waals surface area contributed by atoms with Crippen LogP contribution in [0.1, 0.15) is 62.5 Å². The molecule has 13 nitrogen and oxygen atoms in total. The van der Waals surface area contributed by atoms with E-state index in [-0.39, 0.29) is 30.7 Å². The Morgan fingerprint density at radius 3 is 2.52 bits per heavy atom. The molecule has 2 aliphatic rings. The summed E-state index contributed by atoms with van der Waals surface area (Å²) >= 11 is 0. The molecule has 290 valence electrons. The molecule has 3 N–H and O–H groups in total. The molecule has 2 aliphatic heterocycles. The zero-order valence-corrected chi connectivity index (χ0v) is 31.6. The Kier molecular flexibility index (Phi) is 13.5. The number of alkyl halides is 2. The maximum Gasteiger partial charge on any atom is 0.387 e. The van der Waals surface area contributed by atoms with Gasteiger partial charge in [0, 0.05) is 51.1 Å². The second kappa shape index (κ2) is 18.7. The van der Waals surface area contributed by atoms with Crippen molar-refractivity contribution in [2.24, 2.45) is 13.0 Å². The number of carbonyl (C=O) groups excluding carboxylic acids is 2. The van der Waals surface area contributed by atoms with Crippen LogP contribution in [0.2, 0.25) is 0 Å². The smallest absolute Gasteiger partial charge is 0.387 e. The summed E-state index contributed by atoms with van der Waals surface area (Å²) in [5.74, 6) is 1.54. The fraction of sp³-hybridized carbons (Fsp3) is 0.500. The van der Waals surface area contributed by atoms with Crippen LogP contribution in [0.3, 0.4) is 0 Å². The van der Waals surface area contributed by atoms with Crippen molar-refractivity contribution in [2.75, 3.05) is 49.9 Å². The molecular formula is C38H49F2N9O4S. The topological polar surface area (TPSA) is 147 Å². The van der Waals surface area contributed by atoms with E-state index in [9.17, 15) is 22.6 Å². The van der Waals surface area contributed by atoms with Gasteiger partial charge in [0.15, 0.2) is 11.6 Å². The van der Waals surface area contributed by atoms with Crippen LogP contribution in [0.4, 0.5) is 20.5 Å². The lowest BCUT2D eigenvalue weighted by molar-refractivity contribution is -0.116. The van der Waals surface area contributed by atoms with Crippen molar-refractivity contribution < 1.29 is 27.3 Å². The number of anilines is 2. The summed E-state index contributed by atoms with van der Waals surface area (Å²) in [6.07, 6.45) is 8.84. The highest BCUT2D eigenvalue weighted by Gasteiger charge is 2.26. The monoisotopic (exact) mass is 765 g/mol. The van der Waals surface area contributed by atoms with Gasteiger partial charge >= 0.3 is 6.61 Å². The van der Waals surface area contributed by atoms with Crippen molar-refractivity contribution in [3.63, 3.8) is 0 Å². The van der Waals surface area contributed by atoms with Crippen LogP contribution in [0.15, 0.2) is 59.8 Å². The van der Waals surface area contributed by atoms with Crippen molar-refractivity contribution in [3.05, 3.63) is 66.0 Å². The first-order valence-corrected chi connectivity index (χ1v) is 19.7.